The highest BCUT2D eigenvalue weighted by Gasteiger charge is 2.28. The van der Waals surface area contributed by atoms with Gasteiger partial charge in [-0.15, -0.1) is 0 Å². The summed E-state index contributed by atoms with van der Waals surface area (Å²) in [7, 11) is 0. The number of carbonyl (C=O) groups is 1. The second-order valence-electron chi connectivity index (χ2n) is 7.70. The number of hydrogen-bond acceptors (Lipinski definition) is 4. The zero-order valence-electron chi connectivity index (χ0n) is 17.3. The molecule has 0 saturated carbocycles. The summed E-state index contributed by atoms with van der Waals surface area (Å²) in [5.74, 6) is -0.0649. The lowest BCUT2D eigenvalue weighted by molar-refractivity contribution is -0.385. The van der Waals surface area contributed by atoms with E-state index in [0.29, 0.717) is 18.7 Å². The van der Waals surface area contributed by atoms with Crippen LogP contribution in [0.2, 0.25) is 0 Å². The van der Waals surface area contributed by atoms with Crippen LogP contribution in [0.5, 0.6) is 0 Å². The summed E-state index contributed by atoms with van der Waals surface area (Å²) < 4.78 is 0. The molecule has 0 aromatic heterocycles. The molecule has 0 spiro atoms. The molecule has 31 heavy (non-hydrogen) atoms. The molecular formula is C25H25N3O3. The second-order valence-corrected chi connectivity index (χ2v) is 7.70. The molecule has 0 N–H and O–H groups in total. The minimum atomic E-state index is -0.426. The van der Waals surface area contributed by atoms with Gasteiger partial charge in [-0.3, -0.25) is 19.8 Å². The Morgan fingerprint density at radius 2 is 1.32 bits per heavy atom. The van der Waals surface area contributed by atoms with Gasteiger partial charge in [-0.2, -0.15) is 0 Å². The molecule has 0 radical (unpaired) electrons. The van der Waals surface area contributed by atoms with E-state index in [4.69, 9.17) is 0 Å². The maximum atomic E-state index is 12.8. The van der Waals surface area contributed by atoms with E-state index in [9.17, 15) is 14.9 Å². The zero-order valence-corrected chi connectivity index (χ0v) is 17.3. The summed E-state index contributed by atoms with van der Waals surface area (Å²) in [4.78, 5) is 27.9. The highest BCUT2D eigenvalue weighted by atomic mass is 16.6. The third-order valence-electron chi connectivity index (χ3n) is 5.79. The van der Waals surface area contributed by atoms with Crippen LogP contribution in [0.25, 0.3) is 0 Å². The predicted octanol–water partition coefficient (Wildman–Crippen LogP) is 4.07. The van der Waals surface area contributed by atoms with Crippen molar-refractivity contribution in [1.82, 2.24) is 9.80 Å². The van der Waals surface area contributed by atoms with E-state index in [1.54, 1.807) is 18.2 Å². The van der Waals surface area contributed by atoms with Gasteiger partial charge >= 0.3 is 0 Å². The number of nitrogens with zero attached hydrogens (tertiary/aromatic N) is 3. The van der Waals surface area contributed by atoms with Crippen LogP contribution in [0, 0.1) is 10.1 Å². The van der Waals surface area contributed by atoms with E-state index in [2.05, 4.69) is 53.4 Å². The van der Waals surface area contributed by atoms with Crippen LogP contribution in [-0.2, 0) is 11.2 Å². The Morgan fingerprint density at radius 3 is 1.87 bits per heavy atom. The molecule has 0 aliphatic carbocycles. The molecule has 1 aliphatic heterocycles. The molecule has 6 nitrogen and oxygen atoms in total. The minimum absolute atomic E-state index is 0.00250. The molecule has 1 fully saturated rings. The average molecular weight is 415 g/mol. The first-order chi connectivity index (χ1) is 15.1. The SMILES string of the molecule is O=C(Cc1ccccc1[N+](=O)[O-])N1CCN(C(c2ccccc2)c2ccccc2)CC1. The number of amides is 1. The fourth-order valence-corrected chi connectivity index (χ4v) is 4.23. The van der Waals surface area contributed by atoms with Crippen molar-refractivity contribution in [3.63, 3.8) is 0 Å². The summed E-state index contributed by atoms with van der Waals surface area (Å²) in [6, 6.07) is 27.4. The maximum absolute atomic E-state index is 12.8. The van der Waals surface area contributed by atoms with Gasteiger partial charge in [0.1, 0.15) is 0 Å². The van der Waals surface area contributed by atoms with Crippen molar-refractivity contribution in [2.24, 2.45) is 0 Å². The molecular weight excluding hydrogens is 390 g/mol. The van der Waals surface area contributed by atoms with Crippen molar-refractivity contribution in [3.8, 4) is 0 Å². The third-order valence-corrected chi connectivity index (χ3v) is 5.79. The van der Waals surface area contributed by atoms with Crippen LogP contribution in [0.15, 0.2) is 84.9 Å². The maximum Gasteiger partial charge on any atom is 0.273 e. The van der Waals surface area contributed by atoms with Crippen LogP contribution in [-0.4, -0.2) is 46.8 Å². The Balaban J connectivity index is 1.46. The highest BCUT2D eigenvalue weighted by molar-refractivity contribution is 5.80. The first-order valence-electron chi connectivity index (χ1n) is 10.5. The summed E-state index contributed by atoms with van der Waals surface area (Å²) in [5, 5.41) is 11.2. The van der Waals surface area contributed by atoms with E-state index in [-0.39, 0.29) is 24.1 Å². The van der Waals surface area contributed by atoms with Crippen molar-refractivity contribution in [3.05, 3.63) is 112 Å². The molecule has 0 bridgehead atoms. The van der Waals surface area contributed by atoms with Gasteiger partial charge in [-0.25, -0.2) is 0 Å². The van der Waals surface area contributed by atoms with Gasteiger partial charge in [0.15, 0.2) is 0 Å². The first kappa shape index (κ1) is 20.8. The molecule has 1 amide bonds. The monoisotopic (exact) mass is 415 g/mol. The van der Waals surface area contributed by atoms with Gasteiger partial charge in [-0.05, 0) is 11.1 Å². The van der Waals surface area contributed by atoms with Crippen molar-refractivity contribution >= 4 is 11.6 Å². The summed E-state index contributed by atoms with van der Waals surface area (Å²) in [6.45, 7) is 2.71. The molecule has 0 atom stereocenters. The number of rotatable bonds is 6. The Bertz CT molecular complexity index is 993. The largest absolute Gasteiger partial charge is 0.340 e. The molecule has 3 aromatic rings. The predicted molar refractivity (Wildman–Crippen MR) is 120 cm³/mol. The van der Waals surface area contributed by atoms with Crippen LogP contribution >= 0.6 is 0 Å². The topological polar surface area (TPSA) is 66.7 Å². The Hall–Kier alpha value is -3.51. The van der Waals surface area contributed by atoms with E-state index in [1.165, 1.54) is 17.2 Å². The summed E-state index contributed by atoms with van der Waals surface area (Å²) in [5.41, 5.74) is 2.93. The number of hydrogen-bond donors (Lipinski definition) is 0. The van der Waals surface area contributed by atoms with Gasteiger partial charge in [0.05, 0.1) is 17.4 Å². The smallest absolute Gasteiger partial charge is 0.273 e. The normalized spacial score (nSPS) is 14.5. The molecule has 6 heteroatoms. The van der Waals surface area contributed by atoms with Crippen LogP contribution in [0.1, 0.15) is 22.7 Å². The van der Waals surface area contributed by atoms with Gasteiger partial charge in [-0.1, -0.05) is 78.9 Å². The van der Waals surface area contributed by atoms with E-state index in [0.717, 1.165) is 13.1 Å². The number of nitro benzene ring substituents is 1. The fraction of sp³-hybridized carbons (Fsp3) is 0.240. The zero-order chi connectivity index (χ0) is 21.6. The number of para-hydroxylation sites is 1. The van der Waals surface area contributed by atoms with E-state index >= 15 is 0 Å². The van der Waals surface area contributed by atoms with Crippen LogP contribution < -0.4 is 0 Å². The lowest BCUT2D eigenvalue weighted by atomic mass is 9.96. The quantitative estimate of drug-likeness (QED) is 0.450. The standard InChI is InChI=1S/C25H25N3O3/c29-24(19-22-13-7-8-14-23(22)28(30)31)26-15-17-27(18-16-26)25(20-9-3-1-4-10-20)21-11-5-2-6-12-21/h1-14,25H,15-19H2. The van der Waals surface area contributed by atoms with Crippen molar-refractivity contribution in [2.75, 3.05) is 26.2 Å². The van der Waals surface area contributed by atoms with E-state index < -0.39 is 4.92 Å². The summed E-state index contributed by atoms with van der Waals surface area (Å²) in [6.07, 6.45) is 0.0535. The van der Waals surface area contributed by atoms with Gasteiger partial charge in [0.2, 0.25) is 5.91 Å². The van der Waals surface area contributed by atoms with Crippen molar-refractivity contribution in [1.29, 1.82) is 0 Å². The molecule has 1 aliphatic rings. The summed E-state index contributed by atoms with van der Waals surface area (Å²) >= 11 is 0. The number of benzene rings is 3. The molecule has 0 unspecified atom stereocenters. The molecule has 1 saturated heterocycles. The Morgan fingerprint density at radius 1 is 0.806 bits per heavy atom. The van der Waals surface area contributed by atoms with Crippen molar-refractivity contribution in [2.45, 2.75) is 12.5 Å². The fourth-order valence-electron chi connectivity index (χ4n) is 4.23. The molecule has 4 rings (SSSR count). The number of piperazine rings is 1. The van der Waals surface area contributed by atoms with Crippen LogP contribution in [0.3, 0.4) is 0 Å². The lowest BCUT2D eigenvalue weighted by Crippen LogP contribution is -2.50. The first-order valence-corrected chi connectivity index (χ1v) is 10.5. The molecule has 158 valence electrons. The third kappa shape index (κ3) is 4.81. The number of carbonyl (C=O) groups excluding carboxylic acids is 1. The Labute approximate surface area is 181 Å². The Kier molecular flexibility index (Phi) is 6.38. The second kappa shape index (κ2) is 9.53. The highest BCUT2D eigenvalue weighted by Crippen LogP contribution is 2.29. The van der Waals surface area contributed by atoms with Crippen molar-refractivity contribution < 1.29 is 9.72 Å². The average Bonchev–Trinajstić information content (AvgIpc) is 2.81. The molecule has 3 aromatic carbocycles. The van der Waals surface area contributed by atoms with Gasteiger partial charge < -0.3 is 4.90 Å². The number of nitro groups is 1. The van der Waals surface area contributed by atoms with E-state index in [1.807, 2.05) is 17.0 Å². The van der Waals surface area contributed by atoms with Gasteiger partial charge in [0, 0.05) is 37.8 Å². The minimum Gasteiger partial charge on any atom is -0.340 e. The van der Waals surface area contributed by atoms with Gasteiger partial charge in [0.25, 0.3) is 5.69 Å². The lowest BCUT2D eigenvalue weighted by Gasteiger charge is -2.39. The van der Waals surface area contributed by atoms with Crippen LogP contribution in [0.4, 0.5) is 5.69 Å². The molecule has 1 heterocycles.